The Hall–Kier alpha value is -0.550. The molecule has 0 spiro atoms. The molecule has 5 heteroatoms. The molecule has 100 valence electrons. The van der Waals surface area contributed by atoms with Crippen LogP contribution in [0, 0.1) is 5.41 Å². The van der Waals surface area contributed by atoms with Crippen molar-refractivity contribution in [2.24, 2.45) is 5.41 Å². The molecule has 1 aromatic carbocycles. The second-order valence-corrected chi connectivity index (χ2v) is 6.99. The predicted octanol–water partition coefficient (Wildman–Crippen LogP) is 4.46. The van der Waals surface area contributed by atoms with Crippen molar-refractivity contribution in [1.82, 2.24) is 0 Å². The number of methoxy groups -OCH3 is 1. The van der Waals surface area contributed by atoms with Crippen LogP contribution in [-0.4, -0.2) is 19.6 Å². The number of carbonyl (C=O) groups excluding carboxylic acids is 1. The molecule has 0 heterocycles. The van der Waals surface area contributed by atoms with Crippen molar-refractivity contribution >= 4 is 43.5 Å². The molecule has 0 saturated carbocycles. The molecule has 0 aromatic heterocycles. The van der Waals surface area contributed by atoms with Gasteiger partial charge in [-0.05, 0) is 33.5 Å². The van der Waals surface area contributed by atoms with Gasteiger partial charge in [-0.2, -0.15) is 0 Å². The topological polar surface area (TPSA) is 38.3 Å². The molecule has 1 aromatic rings. The second-order valence-electron chi connectivity index (χ2n) is 5.22. The van der Waals surface area contributed by atoms with Crippen LogP contribution in [0.4, 0.5) is 5.69 Å². The van der Waals surface area contributed by atoms with Crippen molar-refractivity contribution in [3.63, 3.8) is 0 Å². The van der Waals surface area contributed by atoms with Crippen LogP contribution in [0.15, 0.2) is 21.1 Å². The van der Waals surface area contributed by atoms with Gasteiger partial charge in [-0.3, -0.25) is 0 Å². The predicted molar refractivity (Wildman–Crippen MR) is 81.1 cm³/mol. The van der Waals surface area contributed by atoms with Crippen LogP contribution >= 0.6 is 31.9 Å². The summed E-state index contributed by atoms with van der Waals surface area (Å²) in [6.07, 6.45) is 0. The summed E-state index contributed by atoms with van der Waals surface area (Å²) in [5.41, 5.74) is 1.41. The first-order chi connectivity index (χ1) is 8.24. The van der Waals surface area contributed by atoms with Crippen molar-refractivity contribution in [3.8, 4) is 0 Å². The van der Waals surface area contributed by atoms with E-state index in [2.05, 4.69) is 57.9 Å². The average molecular weight is 379 g/mol. The highest BCUT2D eigenvalue weighted by molar-refractivity contribution is 9.11. The van der Waals surface area contributed by atoms with E-state index >= 15 is 0 Å². The SMILES string of the molecule is COC(=O)c1cc(Br)cc(Br)c1NCC(C)(C)C. The molecule has 0 aliphatic carbocycles. The summed E-state index contributed by atoms with van der Waals surface area (Å²) < 4.78 is 6.46. The fraction of sp³-hybridized carbons (Fsp3) is 0.462. The zero-order chi connectivity index (χ0) is 13.9. The molecule has 1 rings (SSSR count). The molecule has 0 aliphatic heterocycles. The second kappa shape index (κ2) is 6.06. The highest BCUT2D eigenvalue weighted by Gasteiger charge is 2.18. The average Bonchev–Trinajstić information content (AvgIpc) is 2.24. The quantitative estimate of drug-likeness (QED) is 0.789. The van der Waals surface area contributed by atoms with E-state index in [-0.39, 0.29) is 11.4 Å². The molecule has 1 N–H and O–H groups in total. The molecule has 0 saturated heterocycles. The molecular weight excluding hydrogens is 362 g/mol. The molecule has 3 nitrogen and oxygen atoms in total. The van der Waals surface area contributed by atoms with Gasteiger partial charge >= 0.3 is 5.97 Å². The summed E-state index contributed by atoms with van der Waals surface area (Å²) in [6.45, 7) is 7.15. The molecule has 0 bridgehead atoms. The van der Waals surface area contributed by atoms with Gasteiger partial charge in [0.15, 0.2) is 0 Å². The number of anilines is 1. The van der Waals surface area contributed by atoms with Crippen LogP contribution in [0.3, 0.4) is 0 Å². The lowest BCUT2D eigenvalue weighted by Crippen LogP contribution is -2.20. The Bertz CT molecular complexity index is 453. The van der Waals surface area contributed by atoms with E-state index in [1.165, 1.54) is 7.11 Å². The van der Waals surface area contributed by atoms with Gasteiger partial charge in [0.2, 0.25) is 0 Å². The number of nitrogens with one attached hydrogen (secondary N) is 1. The zero-order valence-corrected chi connectivity index (χ0v) is 14.1. The molecule has 0 unspecified atom stereocenters. The van der Waals surface area contributed by atoms with Crippen molar-refractivity contribution in [1.29, 1.82) is 0 Å². The third-order valence-corrected chi connectivity index (χ3v) is 3.34. The number of carbonyl (C=O) groups is 1. The Labute approximate surface area is 125 Å². The first-order valence-electron chi connectivity index (χ1n) is 5.56. The van der Waals surface area contributed by atoms with Gasteiger partial charge in [-0.25, -0.2) is 4.79 Å². The van der Waals surface area contributed by atoms with Gasteiger partial charge < -0.3 is 10.1 Å². The molecule has 18 heavy (non-hydrogen) atoms. The van der Waals surface area contributed by atoms with Crippen LogP contribution in [0.1, 0.15) is 31.1 Å². The van der Waals surface area contributed by atoms with Gasteiger partial charge in [0, 0.05) is 15.5 Å². The zero-order valence-electron chi connectivity index (χ0n) is 10.9. The summed E-state index contributed by atoms with van der Waals surface area (Å²) in [5.74, 6) is -0.353. The van der Waals surface area contributed by atoms with Crippen LogP contribution in [-0.2, 0) is 4.74 Å². The van der Waals surface area contributed by atoms with Crippen LogP contribution in [0.2, 0.25) is 0 Å². The normalized spacial score (nSPS) is 11.2. The molecule has 0 radical (unpaired) electrons. The van der Waals surface area contributed by atoms with Crippen LogP contribution in [0.25, 0.3) is 0 Å². The van der Waals surface area contributed by atoms with Crippen LogP contribution in [0.5, 0.6) is 0 Å². The summed E-state index contributed by atoms with van der Waals surface area (Å²) >= 11 is 6.83. The van der Waals surface area contributed by atoms with Crippen molar-refractivity contribution in [2.45, 2.75) is 20.8 Å². The van der Waals surface area contributed by atoms with Crippen molar-refractivity contribution < 1.29 is 9.53 Å². The first kappa shape index (κ1) is 15.5. The molecule has 0 fully saturated rings. The minimum absolute atomic E-state index is 0.125. The first-order valence-corrected chi connectivity index (χ1v) is 7.14. The maximum absolute atomic E-state index is 11.8. The minimum atomic E-state index is -0.353. The highest BCUT2D eigenvalue weighted by Crippen LogP contribution is 2.32. The third kappa shape index (κ3) is 4.28. The maximum atomic E-state index is 11.8. The Kier molecular flexibility index (Phi) is 5.22. The number of benzene rings is 1. The molecule has 0 atom stereocenters. The third-order valence-electron chi connectivity index (χ3n) is 2.26. The Morgan fingerprint density at radius 1 is 1.33 bits per heavy atom. The largest absolute Gasteiger partial charge is 0.465 e. The van der Waals surface area contributed by atoms with Gasteiger partial charge in [-0.1, -0.05) is 36.7 Å². The fourth-order valence-electron chi connectivity index (χ4n) is 1.38. The highest BCUT2D eigenvalue weighted by atomic mass is 79.9. The van der Waals surface area contributed by atoms with E-state index in [0.29, 0.717) is 5.56 Å². The lowest BCUT2D eigenvalue weighted by Gasteiger charge is -2.21. The van der Waals surface area contributed by atoms with Crippen LogP contribution < -0.4 is 5.32 Å². The summed E-state index contributed by atoms with van der Waals surface area (Å²) in [6, 6.07) is 3.65. The van der Waals surface area contributed by atoms with E-state index in [1.807, 2.05) is 6.07 Å². The molecule has 0 amide bonds. The number of esters is 1. The van der Waals surface area contributed by atoms with Crippen molar-refractivity contribution in [3.05, 3.63) is 26.6 Å². The van der Waals surface area contributed by atoms with E-state index in [0.717, 1.165) is 21.2 Å². The number of ether oxygens (including phenoxy) is 1. The molecule has 0 aliphatic rings. The van der Waals surface area contributed by atoms with Crippen molar-refractivity contribution in [2.75, 3.05) is 19.0 Å². The number of hydrogen-bond acceptors (Lipinski definition) is 3. The van der Waals surface area contributed by atoms with E-state index in [1.54, 1.807) is 6.07 Å². The monoisotopic (exact) mass is 377 g/mol. The summed E-state index contributed by atoms with van der Waals surface area (Å²) in [4.78, 5) is 11.8. The lowest BCUT2D eigenvalue weighted by molar-refractivity contribution is 0.0601. The lowest BCUT2D eigenvalue weighted by atomic mass is 9.96. The minimum Gasteiger partial charge on any atom is -0.465 e. The standard InChI is InChI=1S/C13H17Br2NO2/c1-13(2,3)7-16-11-9(12(17)18-4)5-8(14)6-10(11)15/h5-6,16H,7H2,1-4H3. The number of hydrogen-bond donors (Lipinski definition) is 1. The van der Waals surface area contributed by atoms with Gasteiger partial charge in [-0.15, -0.1) is 0 Å². The maximum Gasteiger partial charge on any atom is 0.340 e. The molecular formula is C13H17Br2NO2. The van der Waals surface area contributed by atoms with Gasteiger partial charge in [0.25, 0.3) is 0 Å². The van der Waals surface area contributed by atoms with E-state index < -0.39 is 0 Å². The van der Waals surface area contributed by atoms with Gasteiger partial charge in [0.05, 0.1) is 18.4 Å². The summed E-state index contributed by atoms with van der Waals surface area (Å²) in [7, 11) is 1.38. The number of halogens is 2. The van der Waals surface area contributed by atoms with E-state index in [9.17, 15) is 4.79 Å². The smallest absolute Gasteiger partial charge is 0.340 e. The Balaban J connectivity index is 3.12. The summed E-state index contributed by atoms with van der Waals surface area (Å²) in [5, 5.41) is 3.30. The Morgan fingerprint density at radius 3 is 2.44 bits per heavy atom. The fourth-order valence-corrected chi connectivity index (χ4v) is 2.74. The number of rotatable bonds is 3. The van der Waals surface area contributed by atoms with E-state index in [4.69, 9.17) is 4.74 Å². The Morgan fingerprint density at radius 2 is 1.94 bits per heavy atom. The van der Waals surface area contributed by atoms with Gasteiger partial charge in [0.1, 0.15) is 0 Å².